The molecule has 2 atom stereocenters. The smallest absolute Gasteiger partial charge is 0.391 e. The van der Waals surface area contributed by atoms with E-state index in [1.54, 1.807) is 4.90 Å². The summed E-state index contributed by atoms with van der Waals surface area (Å²) in [5, 5.41) is 9.56. The standard InChI is InChI=1S/C17H24F3NO3/c18-17(19,20)12-5-3-11(4-6-12)8-14(22)21-9-13-2-1-7-16(13,10-21)15(23)24/h11-13H,1-10H2,(H,23,24)/t11?,12?,13-,16+/m0/s1. The van der Waals surface area contributed by atoms with Crippen molar-refractivity contribution in [2.24, 2.45) is 23.2 Å². The van der Waals surface area contributed by atoms with E-state index < -0.39 is 23.5 Å². The fourth-order valence-electron chi connectivity index (χ4n) is 4.90. The third-order valence-electron chi connectivity index (χ3n) is 6.42. The molecule has 0 unspecified atom stereocenters. The Balaban J connectivity index is 1.53. The molecule has 0 aromatic rings. The van der Waals surface area contributed by atoms with Crippen LogP contribution in [0.2, 0.25) is 0 Å². The minimum absolute atomic E-state index is 0.00248. The van der Waals surface area contributed by atoms with Gasteiger partial charge in [0.15, 0.2) is 0 Å². The second-order valence-electron chi connectivity index (χ2n) is 7.79. The summed E-state index contributed by atoms with van der Waals surface area (Å²) in [5.41, 5.74) is -0.788. The van der Waals surface area contributed by atoms with Crippen molar-refractivity contribution < 1.29 is 27.9 Å². The van der Waals surface area contributed by atoms with Crippen LogP contribution in [-0.2, 0) is 9.59 Å². The highest BCUT2D eigenvalue weighted by Gasteiger charge is 2.55. The van der Waals surface area contributed by atoms with Crippen molar-refractivity contribution in [3.63, 3.8) is 0 Å². The van der Waals surface area contributed by atoms with E-state index in [0.717, 1.165) is 12.8 Å². The number of rotatable bonds is 3. The number of fused-ring (bicyclic) bond motifs is 1. The molecular formula is C17H24F3NO3. The number of carbonyl (C=O) groups excluding carboxylic acids is 1. The molecule has 3 aliphatic rings. The Morgan fingerprint density at radius 2 is 1.79 bits per heavy atom. The molecule has 7 heteroatoms. The maximum absolute atomic E-state index is 12.7. The van der Waals surface area contributed by atoms with Crippen LogP contribution in [-0.4, -0.2) is 41.1 Å². The van der Waals surface area contributed by atoms with Crippen molar-refractivity contribution >= 4 is 11.9 Å². The minimum Gasteiger partial charge on any atom is -0.481 e. The molecule has 136 valence electrons. The lowest BCUT2D eigenvalue weighted by Gasteiger charge is -2.30. The Kier molecular flexibility index (Phi) is 4.55. The lowest BCUT2D eigenvalue weighted by molar-refractivity contribution is -0.184. The molecule has 0 radical (unpaired) electrons. The molecule has 1 heterocycles. The molecule has 1 aliphatic heterocycles. The van der Waals surface area contributed by atoms with Gasteiger partial charge in [-0.1, -0.05) is 6.42 Å². The molecule has 2 aliphatic carbocycles. The van der Waals surface area contributed by atoms with Gasteiger partial charge in [0.05, 0.1) is 11.3 Å². The molecule has 3 fully saturated rings. The summed E-state index contributed by atoms with van der Waals surface area (Å²) in [4.78, 5) is 25.8. The molecule has 1 amide bonds. The van der Waals surface area contributed by atoms with Gasteiger partial charge in [0.1, 0.15) is 0 Å². The lowest BCUT2D eigenvalue weighted by atomic mass is 9.80. The monoisotopic (exact) mass is 347 g/mol. The minimum atomic E-state index is -4.13. The number of hydrogen-bond acceptors (Lipinski definition) is 2. The third kappa shape index (κ3) is 3.14. The summed E-state index contributed by atoms with van der Waals surface area (Å²) in [6, 6.07) is 0. The van der Waals surface area contributed by atoms with Crippen LogP contribution >= 0.6 is 0 Å². The lowest BCUT2D eigenvalue weighted by Crippen LogP contribution is -2.38. The van der Waals surface area contributed by atoms with E-state index in [0.29, 0.717) is 25.8 Å². The van der Waals surface area contributed by atoms with Gasteiger partial charge in [-0.25, -0.2) is 0 Å². The van der Waals surface area contributed by atoms with Crippen LogP contribution in [0.5, 0.6) is 0 Å². The Morgan fingerprint density at radius 3 is 2.33 bits per heavy atom. The number of alkyl halides is 3. The quantitative estimate of drug-likeness (QED) is 0.851. The van der Waals surface area contributed by atoms with Crippen molar-refractivity contribution in [1.82, 2.24) is 4.90 Å². The Morgan fingerprint density at radius 1 is 1.12 bits per heavy atom. The van der Waals surface area contributed by atoms with Gasteiger partial charge in [-0.15, -0.1) is 0 Å². The first-order chi connectivity index (χ1) is 11.2. The van der Waals surface area contributed by atoms with Crippen molar-refractivity contribution in [3.8, 4) is 0 Å². The topological polar surface area (TPSA) is 57.6 Å². The van der Waals surface area contributed by atoms with Crippen LogP contribution in [0.4, 0.5) is 13.2 Å². The number of halogens is 3. The summed E-state index contributed by atoms with van der Waals surface area (Å²) < 4.78 is 38.1. The summed E-state index contributed by atoms with van der Waals surface area (Å²) in [5.74, 6) is -2.10. The molecule has 4 nitrogen and oxygen atoms in total. The highest BCUT2D eigenvalue weighted by atomic mass is 19.4. The zero-order chi connectivity index (χ0) is 17.5. The molecule has 2 saturated carbocycles. The van der Waals surface area contributed by atoms with E-state index in [9.17, 15) is 27.9 Å². The molecule has 24 heavy (non-hydrogen) atoms. The number of carboxylic acids is 1. The number of amides is 1. The van der Waals surface area contributed by atoms with Crippen molar-refractivity contribution in [2.45, 2.75) is 57.5 Å². The number of carboxylic acid groups (broad SMARTS) is 1. The fourth-order valence-corrected chi connectivity index (χ4v) is 4.90. The number of likely N-dealkylation sites (tertiary alicyclic amines) is 1. The van der Waals surface area contributed by atoms with E-state index in [2.05, 4.69) is 0 Å². The van der Waals surface area contributed by atoms with Gasteiger partial charge >= 0.3 is 12.1 Å². The predicted molar refractivity (Wildman–Crippen MR) is 80.1 cm³/mol. The highest BCUT2D eigenvalue weighted by Crippen LogP contribution is 2.49. The predicted octanol–water partition coefficient (Wildman–Crippen LogP) is 3.46. The van der Waals surface area contributed by atoms with E-state index in [-0.39, 0.29) is 43.6 Å². The second kappa shape index (κ2) is 6.23. The normalized spacial score (nSPS) is 36.6. The number of aliphatic carboxylic acids is 1. The van der Waals surface area contributed by atoms with Crippen LogP contribution in [0.3, 0.4) is 0 Å². The molecule has 0 aromatic carbocycles. The number of hydrogen-bond donors (Lipinski definition) is 1. The highest BCUT2D eigenvalue weighted by molar-refractivity contribution is 5.81. The zero-order valence-electron chi connectivity index (χ0n) is 13.6. The summed E-state index contributed by atoms with van der Waals surface area (Å²) in [6.45, 7) is 0.757. The van der Waals surface area contributed by atoms with Gasteiger partial charge in [-0.2, -0.15) is 13.2 Å². The van der Waals surface area contributed by atoms with Gasteiger partial charge < -0.3 is 10.0 Å². The first-order valence-corrected chi connectivity index (χ1v) is 8.80. The number of nitrogens with zero attached hydrogens (tertiary/aromatic N) is 1. The molecule has 3 rings (SSSR count). The second-order valence-corrected chi connectivity index (χ2v) is 7.79. The van der Waals surface area contributed by atoms with Crippen molar-refractivity contribution in [1.29, 1.82) is 0 Å². The Labute approximate surface area is 139 Å². The Hall–Kier alpha value is -1.27. The molecule has 0 aromatic heterocycles. The first-order valence-electron chi connectivity index (χ1n) is 8.80. The van der Waals surface area contributed by atoms with Gasteiger partial charge in [0, 0.05) is 19.5 Å². The maximum atomic E-state index is 12.7. The first kappa shape index (κ1) is 17.5. The van der Waals surface area contributed by atoms with Crippen molar-refractivity contribution in [2.75, 3.05) is 13.1 Å². The van der Waals surface area contributed by atoms with E-state index in [4.69, 9.17) is 0 Å². The molecule has 1 saturated heterocycles. The largest absolute Gasteiger partial charge is 0.481 e. The van der Waals surface area contributed by atoms with Crippen molar-refractivity contribution in [3.05, 3.63) is 0 Å². The maximum Gasteiger partial charge on any atom is 0.391 e. The van der Waals surface area contributed by atoms with E-state index in [1.165, 1.54) is 0 Å². The van der Waals surface area contributed by atoms with Gasteiger partial charge in [0.25, 0.3) is 0 Å². The van der Waals surface area contributed by atoms with Crippen LogP contribution in [0.25, 0.3) is 0 Å². The van der Waals surface area contributed by atoms with E-state index in [1.807, 2.05) is 0 Å². The molecular weight excluding hydrogens is 323 g/mol. The summed E-state index contributed by atoms with van der Waals surface area (Å²) in [6.07, 6.45) is -0.469. The van der Waals surface area contributed by atoms with Gasteiger partial charge in [-0.05, 0) is 50.4 Å². The van der Waals surface area contributed by atoms with Crippen LogP contribution in [0.1, 0.15) is 51.4 Å². The van der Waals surface area contributed by atoms with Crippen LogP contribution in [0.15, 0.2) is 0 Å². The van der Waals surface area contributed by atoms with Crippen LogP contribution in [0, 0.1) is 23.2 Å². The van der Waals surface area contributed by atoms with Gasteiger partial charge in [0.2, 0.25) is 5.91 Å². The van der Waals surface area contributed by atoms with Crippen LogP contribution < -0.4 is 0 Å². The SMILES string of the molecule is O=C(CC1CCC(C(F)(F)F)CC1)N1C[C@@H]2CCC[C@@]2(C(=O)O)C1. The summed E-state index contributed by atoms with van der Waals surface area (Å²) >= 11 is 0. The fraction of sp³-hybridized carbons (Fsp3) is 0.882. The summed E-state index contributed by atoms with van der Waals surface area (Å²) in [7, 11) is 0. The molecule has 0 spiro atoms. The average Bonchev–Trinajstić information content (AvgIpc) is 3.04. The Bertz CT molecular complexity index is 514. The third-order valence-corrected chi connectivity index (χ3v) is 6.42. The van der Waals surface area contributed by atoms with Gasteiger partial charge in [-0.3, -0.25) is 9.59 Å². The molecule has 1 N–H and O–H groups in total. The number of carbonyl (C=O) groups is 2. The average molecular weight is 347 g/mol. The van der Waals surface area contributed by atoms with E-state index >= 15 is 0 Å². The zero-order valence-corrected chi connectivity index (χ0v) is 13.6. The molecule has 0 bridgehead atoms.